The third kappa shape index (κ3) is 5.28. The van der Waals surface area contributed by atoms with Gasteiger partial charge in [0.2, 0.25) is 5.91 Å². The van der Waals surface area contributed by atoms with E-state index in [0.717, 1.165) is 24.9 Å². The Kier molecular flexibility index (Phi) is 6.83. The molecule has 1 amide bonds. The number of carbonyl (C=O) groups excluding carboxylic acids is 2. The van der Waals surface area contributed by atoms with Gasteiger partial charge in [0.25, 0.3) is 0 Å². The van der Waals surface area contributed by atoms with Crippen molar-refractivity contribution in [2.24, 2.45) is 11.8 Å². The van der Waals surface area contributed by atoms with Crippen molar-refractivity contribution in [2.75, 3.05) is 37.7 Å². The standard InChI is InChI=1S/C21H29FN2O3/c22-18-5-7-19(8-6-18)23-9-11-24(12-10-23)21(27)17(14-20(26)15-25)13-16-3-1-2-4-16/h5-8,16-17,25H,1-4,9-15H2/t17-/m1/s1. The Morgan fingerprint density at radius 1 is 1.07 bits per heavy atom. The minimum absolute atomic E-state index is 0.0439. The van der Waals surface area contributed by atoms with E-state index in [1.165, 1.54) is 25.0 Å². The van der Waals surface area contributed by atoms with Crippen LogP contribution < -0.4 is 4.90 Å². The Hall–Kier alpha value is -1.95. The SMILES string of the molecule is O=C(CO)C[C@@H](CC1CCCC1)C(=O)N1CCN(c2ccc(F)cc2)CC1. The number of anilines is 1. The number of hydrogen-bond acceptors (Lipinski definition) is 4. The molecule has 1 atom stereocenters. The van der Waals surface area contributed by atoms with Gasteiger partial charge in [0, 0.05) is 44.2 Å². The predicted molar refractivity (Wildman–Crippen MR) is 102 cm³/mol. The number of amides is 1. The summed E-state index contributed by atoms with van der Waals surface area (Å²) in [4.78, 5) is 28.8. The molecule has 0 bridgehead atoms. The molecule has 2 aliphatic rings. The Morgan fingerprint density at radius 3 is 2.30 bits per heavy atom. The van der Waals surface area contributed by atoms with E-state index >= 15 is 0 Å². The molecule has 1 aromatic carbocycles. The van der Waals surface area contributed by atoms with Crippen LogP contribution in [0, 0.1) is 17.7 Å². The highest BCUT2D eigenvalue weighted by molar-refractivity contribution is 5.87. The van der Waals surface area contributed by atoms with E-state index < -0.39 is 6.61 Å². The summed E-state index contributed by atoms with van der Waals surface area (Å²) in [6.45, 7) is 2.10. The van der Waals surface area contributed by atoms with Crippen molar-refractivity contribution >= 4 is 17.4 Å². The van der Waals surface area contributed by atoms with Gasteiger partial charge in [-0.3, -0.25) is 9.59 Å². The number of rotatable bonds is 7. The maximum absolute atomic E-state index is 13.1. The molecule has 0 aromatic heterocycles. The molecular formula is C21H29FN2O3. The summed E-state index contributed by atoms with van der Waals surface area (Å²) >= 11 is 0. The van der Waals surface area contributed by atoms with Gasteiger partial charge in [-0.2, -0.15) is 0 Å². The zero-order valence-electron chi connectivity index (χ0n) is 15.8. The number of aliphatic hydroxyl groups excluding tert-OH is 1. The highest BCUT2D eigenvalue weighted by Gasteiger charge is 2.31. The lowest BCUT2D eigenvalue weighted by Crippen LogP contribution is -2.50. The molecule has 148 valence electrons. The lowest BCUT2D eigenvalue weighted by molar-refractivity contribution is -0.139. The molecule has 1 N–H and O–H groups in total. The van der Waals surface area contributed by atoms with Crippen LogP contribution in [-0.2, 0) is 9.59 Å². The molecule has 0 unspecified atom stereocenters. The second kappa shape index (κ2) is 9.31. The highest BCUT2D eigenvalue weighted by atomic mass is 19.1. The first kappa shape index (κ1) is 19.8. The maximum atomic E-state index is 13.1. The zero-order valence-corrected chi connectivity index (χ0v) is 15.8. The highest BCUT2D eigenvalue weighted by Crippen LogP contribution is 2.32. The van der Waals surface area contributed by atoms with Crippen LogP contribution in [-0.4, -0.2) is 54.5 Å². The van der Waals surface area contributed by atoms with Gasteiger partial charge in [-0.15, -0.1) is 0 Å². The average molecular weight is 376 g/mol. The molecular weight excluding hydrogens is 347 g/mol. The number of carbonyl (C=O) groups is 2. The first-order valence-corrected chi connectivity index (χ1v) is 9.98. The number of aliphatic hydroxyl groups is 1. The van der Waals surface area contributed by atoms with Crippen LogP contribution in [0.15, 0.2) is 24.3 Å². The van der Waals surface area contributed by atoms with E-state index in [-0.39, 0.29) is 29.8 Å². The molecule has 0 radical (unpaired) electrons. The maximum Gasteiger partial charge on any atom is 0.226 e. The summed E-state index contributed by atoms with van der Waals surface area (Å²) in [5.74, 6) is -0.259. The fourth-order valence-electron chi connectivity index (χ4n) is 4.35. The first-order chi connectivity index (χ1) is 13.1. The van der Waals surface area contributed by atoms with Gasteiger partial charge in [-0.25, -0.2) is 4.39 Å². The van der Waals surface area contributed by atoms with Crippen molar-refractivity contribution in [2.45, 2.75) is 38.5 Å². The molecule has 5 nitrogen and oxygen atoms in total. The van der Waals surface area contributed by atoms with Crippen LogP contribution in [0.3, 0.4) is 0 Å². The molecule has 2 fully saturated rings. The molecule has 1 aliphatic carbocycles. The van der Waals surface area contributed by atoms with E-state index in [2.05, 4.69) is 4.90 Å². The van der Waals surface area contributed by atoms with Crippen LogP contribution in [0.2, 0.25) is 0 Å². The van der Waals surface area contributed by atoms with Crippen molar-refractivity contribution in [3.05, 3.63) is 30.1 Å². The van der Waals surface area contributed by atoms with E-state index in [1.807, 2.05) is 4.90 Å². The topological polar surface area (TPSA) is 60.9 Å². The summed E-state index contributed by atoms with van der Waals surface area (Å²) in [7, 11) is 0. The van der Waals surface area contributed by atoms with Crippen molar-refractivity contribution in [1.29, 1.82) is 0 Å². The van der Waals surface area contributed by atoms with Gasteiger partial charge < -0.3 is 14.9 Å². The average Bonchev–Trinajstić information content (AvgIpc) is 3.20. The summed E-state index contributed by atoms with van der Waals surface area (Å²) in [5.41, 5.74) is 0.960. The van der Waals surface area contributed by atoms with Gasteiger partial charge >= 0.3 is 0 Å². The van der Waals surface area contributed by atoms with Crippen LogP contribution in [0.25, 0.3) is 0 Å². The van der Waals surface area contributed by atoms with Crippen molar-refractivity contribution in [3.8, 4) is 0 Å². The summed E-state index contributed by atoms with van der Waals surface area (Å²) in [5, 5.41) is 9.11. The van der Waals surface area contributed by atoms with Crippen molar-refractivity contribution in [1.82, 2.24) is 4.90 Å². The molecule has 1 saturated carbocycles. The molecule has 1 aromatic rings. The van der Waals surface area contributed by atoms with E-state index in [0.29, 0.717) is 32.1 Å². The zero-order chi connectivity index (χ0) is 19.2. The Labute approximate surface area is 160 Å². The fourth-order valence-corrected chi connectivity index (χ4v) is 4.35. The number of hydrogen-bond donors (Lipinski definition) is 1. The van der Waals surface area contributed by atoms with Gasteiger partial charge in [-0.1, -0.05) is 25.7 Å². The number of ketones is 1. The number of halogens is 1. The normalized spacial score (nSPS) is 19.3. The molecule has 27 heavy (non-hydrogen) atoms. The van der Waals surface area contributed by atoms with Crippen LogP contribution in [0.1, 0.15) is 38.5 Å². The molecule has 1 aliphatic heterocycles. The molecule has 1 heterocycles. The third-order valence-corrected chi connectivity index (χ3v) is 5.88. The lowest BCUT2D eigenvalue weighted by atomic mass is 9.88. The van der Waals surface area contributed by atoms with Crippen LogP contribution >= 0.6 is 0 Å². The van der Waals surface area contributed by atoms with E-state index in [9.17, 15) is 14.0 Å². The summed E-state index contributed by atoms with van der Waals surface area (Å²) < 4.78 is 13.1. The van der Waals surface area contributed by atoms with Crippen molar-refractivity contribution < 1.29 is 19.1 Å². The predicted octanol–water partition coefficient (Wildman–Crippen LogP) is 2.62. The van der Waals surface area contributed by atoms with Gasteiger partial charge in [0.05, 0.1) is 0 Å². The Morgan fingerprint density at radius 2 is 1.70 bits per heavy atom. The Balaban J connectivity index is 1.58. The smallest absolute Gasteiger partial charge is 0.226 e. The number of Topliss-reactive ketones (excluding diaryl/α,β-unsaturated/α-hetero) is 1. The van der Waals surface area contributed by atoms with Gasteiger partial charge in [-0.05, 0) is 36.6 Å². The summed E-state index contributed by atoms with van der Waals surface area (Å²) in [6, 6.07) is 6.42. The molecule has 1 saturated heterocycles. The molecule has 0 spiro atoms. The van der Waals surface area contributed by atoms with E-state index in [1.54, 1.807) is 12.1 Å². The third-order valence-electron chi connectivity index (χ3n) is 5.88. The molecule has 6 heteroatoms. The number of nitrogens with zero attached hydrogens (tertiary/aromatic N) is 2. The largest absolute Gasteiger partial charge is 0.389 e. The summed E-state index contributed by atoms with van der Waals surface area (Å²) in [6.07, 6.45) is 5.57. The van der Waals surface area contributed by atoms with Crippen LogP contribution in [0.5, 0.6) is 0 Å². The number of benzene rings is 1. The number of piperazine rings is 1. The fraction of sp³-hybridized carbons (Fsp3) is 0.619. The minimum Gasteiger partial charge on any atom is -0.389 e. The second-order valence-corrected chi connectivity index (χ2v) is 7.77. The van der Waals surface area contributed by atoms with Gasteiger partial charge in [0.1, 0.15) is 12.4 Å². The lowest BCUT2D eigenvalue weighted by Gasteiger charge is -2.38. The van der Waals surface area contributed by atoms with Crippen molar-refractivity contribution in [3.63, 3.8) is 0 Å². The monoisotopic (exact) mass is 376 g/mol. The minimum atomic E-state index is -0.493. The van der Waals surface area contributed by atoms with Crippen LogP contribution in [0.4, 0.5) is 10.1 Å². The second-order valence-electron chi connectivity index (χ2n) is 7.77. The quantitative estimate of drug-likeness (QED) is 0.795. The van der Waals surface area contributed by atoms with Gasteiger partial charge in [0.15, 0.2) is 5.78 Å². The first-order valence-electron chi connectivity index (χ1n) is 9.98. The van der Waals surface area contributed by atoms with E-state index in [4.69, 9.17) is 5.11 Å². The Bertz CT molecular complexity index is 635. The molecule has 3 rings (SSSR count).